The quantitative estimate of drug-likeness (QED) is 0.793. The van der Waals surface area contributed by atoms with Crippen molar-refractivity contribution in [3.05, 3.63) is 17.3 Å². The Hall–Kier alpha value is -0.900. The van der Waals surface area contributed by atoms with Crippen LogP contribution in [0.15, 0.2) is 17.2 Å². The van der Waals surface area contributed by atoms with E-state index >= 15 is 0 Å². The monoisotopic (exact) mass is 325 g/mol. The van der Waals surface area contributed by atoms with Gasteiger partial charge in [0.25, 0.3) is 0 Å². The maximum Gasteiger partial charge on any atom is 0.242 e. The molecule has 0 saturated carbocycles. The first kappa shape index (κ1) is 14.5. The molecule has 1 aliphatic heterocycles. The smallest absolute Gasteiger partial charge is 0.242 e. The molecule has 0 aromatic carbocycles. The second-order valence-electron chi connectivity index (χ2n) is 4.26. The highest BCUT2D eigenvalue weighted by atomic mass is 35.5. The van der Waals surface area contributed by atoms with Crippen molar-refractivity contribution in [2.45, 2.75) is 17.4 Å². The number of hydrogen-bond acceptors (Lipinski definition) is 6. The molecule has 0 bridgehead atoms. The van der Waals surface area contributed by atoms with Crippen LogP contribution in [-0.2, 0) is 19.9 Å². The molecule has 0 aliphatic carbocycles. The molecule has 1 fully saturated rings. The molecule has 0 amide bonds. The molecule has 1 unspecified atom stereocenters. The lowest BCUT2D eigenvalue weighted by atomic mass is 10.3. The van der Waals surface area contributed by atoms with E-state index in [1.807, 2.05) is 0 Å². The number of nitrogens with zero attached hydrogens (tertiary/aromatic N) is 1. The normalized spacial score (nSPS) is 22.5. The maximum absolute atomic E-state index is 12.0. The molecule has 1 aromatic rings. The number of anilines is 1. The number of aromatic nitrogens is 1. The lowest BCUT2D eigenvalue weighted by Crippen LogP contribution is -2.35. The predicted molar refractivity (Wildman–Crippen MR) is 71.0 cm³/mol. The minimum atomic E-state index is -3.85. The molecule has 7 nitrogen and oxygen atoms in total. The number of pyridine rings is 1. The van der Waals surface area contributed by atoms with Crippen molar-refractivity contribution in [1.29, 1.82) is 0 Å². The molecular formula is C9H12ClN3O4S2. The minimum absolute atomic E-state index is 0.0130. The van der Waals surface area contributed by atoms with Gasteiger partial charge in [-0.1, -0.05) is 11.6 Å². The highest BCUT2D eigenvalue weighted by Gasteiger charge is 2.31. The zero-order chi connectivity index (χ0) is 14.3. The molecule has 0 spiro atoms. The van der Waals surface area contributed by atoms with Crippen molar-refractivity contribution in [2.75, 3.05) is 17.2 Å². The van der Waals surface area contributed by atoms with Gasteiger partial charge in [0.05, 0.1) is 16.5 Å². The van der Waals surface area contributed by atoms with Crippen molar-refractivity contribution in [2.24, 2.45) is 0 Å². The average Bonchev–Trinajstić information content (AvgIpc) is 2.61. The molecule has 19 heavy (non-hydrogen) atoms. The minimum Gasteiger partial charge on any atom is -0.382 e. The van der Waals surface area contributed by atoms with E-state index in [-0.39, 0.29) is 33.7 Å². The third kappa shape index (κ3) is 3.35. The van der Waals surface area contributed by atoms with E-state index in [4.69, 9.17) is 17.3 Å². The van der Waals surface area contributed by atoms with E-state index in [0.717, 1.165) is 6.20 Å². The number of sulfone groups is 1. The van der Waals surface area contributed by atoms with Crippen molar-refractivity contribution >= 4 is 37.3 Å². The van der Waals surface area contributed by atoms with E-state index < -0.39 is 25.9 Å². The van der Waals surface area contributed by atoms with E-state index in [9.17, 15) is 16.8 Å². The maximum atomic E-state index is 12.0. The van der Waals surface area contributed by atoms with Gasteiger partial charge in [-0.2, -0.15) is 0 Å². The Balaban J connectivity index is 2.21. The fourth-order valence-electron chi connectivity index (χ4n) is 1.75. The van der Waals surface area contributed by atoms with Crippen LogP contribution in [0.25, 0.3) is 0 Å². The zero-order valence-electron chi connectivity index (χ0n) is 9.71. The Morgan fingerprint density at radius 1 is 1.47 bits per heavy atom. The number of halogens is 1. The van der Waals surface area contributed by atoms with Crippen molar-refractivity contribution in [3.63, 3.8) is 0 Å². The number of nitrogens with two attached hydrogens (primary N) is 1. The Kier molecular flexibility index (Phi) is 3.74. The van der Waals surface area contributed by atoms with Crippen LogP contribution < -0.4 is 10.5 Å². The summed E-state index contributed by atoms with van der Waals surface area (Å²) < 4.78 is 48.9. The van der Waals surface area contributed by atoms with Gasteiger partial charge >= 0.3 is 0 Å². The highest BCUT2D eigenvalue weighted by Crippen LogP contribution is 2.21. The van der Waals surface area contributed by atoms with Gasteiger partial charge < -0.3 is 5.73 Å². The van der Waals surface area contributed by atoms with Crippen molar-refractivity contribution < 1.29 is 16.8 Å². The molecule has 1 saturated heterocycles. The van der Waals surface area contributed by atoms with Gasteiger partial charge in [0.1, 0.15) is 10.7 Å². The first-order chi connectivity index (χ1) is 8.70. The predicted octanol–water partition coefficient (Wildman–Crippen LogP) is -0.217. The van der Waals surface area contributed by atoms with Gasteiger partial charge in [-0.05, 0) is 12.5 Å². The summed E-state index contributed by atoms with van der Waals surface area (Å²) in [4.78, 5) is 3.51. The molecule has 1 aliphatic rings. The van der Waals surface area contributed by atoms with Crippen LogP contribution in [0.2, 0.25) is 5.02 Å². The number of nitrogen functional groups attached to an aromatic ring is 1. The molecule has 106 valence electrons. The van der Waals surface area contributed by atoms with Crippen LogP contribution in [-0.4, -0.2) is 39.4 Å². The highest BCUT2D eigenvalue weighted by molar-refractivity contribution is 7.92. The summed E-state index contributed by atoms with van der Waals surface area (Å²) in [6.07, 6.45) is 1.34. The first-order valence-electron chi connectivity index (χ1n) is 5.33. The standard InChI is InChI=1S/C9H12ClN3O4S2/c10-8-3-7(4-12-9(8)11)19(16,17)13-6-1-2-18(14,15)5-6/h3-4,6,13H,1-2,5H2,(H2,11,12). The number of nitrogens with one attached hydrogen (secondary N) is 1. The van der Waals surface area contributed by atoms with E-state index in [2.05, 4.69) is 9.71 Å². The number of hydrogen-bond donors (Lipinski definition) is 2. The van der Waals surface area contributed by atoms with Crippen LogP contribution in [0.3, 0.4) is 0 Å². The van der Waals surface area contributed by atoms with Gasteiger partial charge in [0.2, 0.25) is 10.0 Å². The zero-order valence-corrected chi connectivity index (χ0v) is 12.1. The Bertz CT molecular complexity index is 702. The topological polar surface area (TPSA) is 119 Å². The average molecular weight is 326 g/mol. The summed E-state index contributed by atoms with van der Waals surface area (Å²) in [6.45, 7) is 0. The largest absolute Gasteiger partial charge is 0.382 e. The van der Waals surface area contributed by atoms with Crippen molar-refractivity contribution in [1.82, 2.24) is 9.71 Å². The molecule has 3 N–H and O–H groups in total. The van der Waals surface area contributed by atoms with E-state index in [1.54, 1.807) is 0 Å². The Labute approximate surface area is 116 Å². The summed E-state index contributed by atoms with van der Waals surface area (Å²) in [5.41, 5.74) is 5.39. The van der Waals surface area contributed by atoms with E-state index in [0.29, 0.717) is 0 Å². The van der Waals surface area contributed by atoms with Crippen LogP contribution in [0, 0.1) is 0 Å². The van der Waals surface area contributed by atoms with Gasteiger partial charge in [-0.25, -0.2) is 26.5 Å². The van der Waals surface area contributed by atoms with Gasteiger partial charge in [-0.3, -0.25) is 0 Å². The lowest BCUT2D eigenvalue weighted by Gasteiger charge is -2.11. The van der Waals surface area contributed by atoms with E-state index in [1.165, 1.54) is 6.07 Å². The van der Waals surface area contributed by atoms with Gasteiger partial charge in [0, 0.05) is 12.2 Å². The third-order valence-corrected chi connectivity index (χ3v) is 6.27. The summed E-state index contributed by atoms with van der Waals surface area (Å²) in [5, 5.41) is 0.0296. The van der Waals surface area contributed by atoms with Crippen LogP contribution in [0.1, 0.15) is 6.42 Å². The van der Waals surface area contributed by atoms with Crippen molar-refractivity contribution in [3.8, 4) is 0 Å². The SMILES string of the molecule is Nc1ncc(S(=O)(=O)NC2CCS(=O)(=O)C2)cc1Cl. The molecule has 1 aromatic heterocycles. The number of sulfonamides is 1. The van der Waals surface area contributed by atoms with Crippen LogP contribution >= 0.6 is 11.6 Å². The van der Waals surface area contributed by atoms with Gasteiger partial charge in [-0.15, -0.1) is 0 Å². The molecule has 2 heterocycles. The Morgan fingerprint density at radius 3 is 2.68 bits per heavy atom. The summed E-state index contributed by atoms with van der Waals surface area (Å²) >= 11 is 5.71. The molecular weight excluding hydrogens is 314 g/mol. The molecule has 1 atom stereocenters. The summed E-state index contributed by atoms with van der Waals surface area (Å²) in [7, 11) is -7.00. The summed E-state index contributed by atoms with van der Waals surface area (Å²) in [5.74, 6) is -0.174. The summed E-state index contributed by atoms with van der Waals surface area (Å²) in [6, 6.07) is 0.557. The molecule has 0 radical (unpaired) electrons. The molecule has 2 rings (SSSR count). The third-order valence-electron chi connectivity index (χ3n) is 2.71. The Morgan fingerprint density at radius 2 is 2.16 bits per heavy atom. The lowest BCUT2D eigenvalue weighted by molar-refractivity contribution is 0.562. The number of rotatable bonds is 3. The second kappa shape index (κ2) is 4.89. The van der Waals surface area contributed by atoms with Crippen LogP contribution in [0.5, 0.6) is 0 Å². The van der Waals surface area contributed by atoms with Crippen LogP contribution in [0.4, 0.5) is 5.82 Å². The fraction of sp³-hybridized carbons (Fsp3) is 0.444. The first-order valence-corrected chi connectivity index (χ1v) is 9.02. The fourth-order valence-corrected chi connectivity index (χ4v) is 5.00. The second-order valence-corrected chi connectivity index (χ2v) is 8.61. The van der Waals surface area contributed by atoms with Gasteiger partial charge in [0.15, 0.2) is 9.84 Å². The molecule has 10 heteroatoms.